The van der Waals surface area contributed by atoms with E-state index in [1.807, 2.05) is 0 Å². The first-order chi connectivity index (χ1) is 21.3. The van der Waals surface area contributed by atoms with Gasteiger partial charge in [-0.15, -0.1) is 0 Å². The van der Waals surface area contributed by atoms with E-state index in [0.717, 1.165) is 51.4 Å². The van der Waals surface area contributed by atoms with Crippen LogP contribution in [0.4, 0.5) is 0 Å². The molecular weight excluding hydrogens is 570 g/mol. The molecule has 3 N–H and O–H groups in total. The number of hydrogen-bond donors (Lipinski definition) is 3. The first-order valence-corrected chi connectivity index (χ1v) is 19.8. The van der Waals surface area contributed by atoms with Gasteiger partial charge in [-0.05, 0) is 51.4 Å². The number of rotatable bonds is 32. The van der Waals surface area contributed by atoms with Crippen LogP contribution in [0.15, 0.2) is 36.5 Å². The fourth-order valence-electron chi connectivity index (χ4n) is 5.27. The molecule has 0 aliphatic carbocycles. The van der Waals surface area contributed by atoms with E-state index in [-0.39, 0.29) is 12.3 Å². The third-order valence-corrected chi connectivity index (χ3v) is 8.82. The molecule has 2 unspecified atom stereocenters. The monoisotopic (exact) mass is 639 g/mol. The van der Waals surface area contributed by atoms with E-state index in [0.29, 0.717) is 12.8 Å². The lowest BCUT2D eigenvalue weighted by molar-refractivity contribution is -0.122. The molecule has 0 aliphatic heterocycles. The Labute approximate surface area is 272 Å². The Hall–Kier alpha value is -1.44. The highest BCUT2D eigenvalue weighted by molar-refractivity contribution is 7.85. The van der Waals surface area contributed by atoms with Crippen LogP contribution in [0.3, 0.4) is 0 Å². The quantitative estimate of drug-likeness (QED) is 0.0386. The van der Waals surface area contributed by atoms with Gasteiger partial charge in [-0.25, -0.2) is 0 Å². The molecule has 7 heteroatoms. The Morgan fingerprint density at radius 3 is 1.50 bits per heavy atom. The van der Waals surface area contributed by atoms with E-state index >= 15 is 0 Å². The second-order valence-corrected chi connectivity index (χ2v) is 14.0. The number of hydrogen-bond acceptors (Lipinski definition) is 4. The zero-order valence-electron chi connectivity index (χ0n) is 28.5. The standard InChI is InChI=1S/C37H69NO5S/c1-3-5-7-9-11-13-15-16-17-18-19-20-21-23-24-26-28-30-32-36(39)35(34-44(41,42)43)38-37(40)33-31-29-27-25-22-14-12-10-8-6-4-2/h10,12,23-24,30,32,35-36,39H,3-9,11,13-22,25-29,31,33-34H2,1-2H3,(H,38,40)(H,41,42,43)/b12-10-,24-23+,32-30+. The highest BCUT2D eigenvalue weighted by Crippen LogP contribution is 2.13. The van der Waals surface area contributed by atoms with E-state index in [9.17, 15) is 22.9 Å². The number of aliphatic hydroxyl groups is 1. The van der Waals surface area contributed by atoms with Crippen LogP contribution in [0.1, 0.15) is 174 Å². The first-order valence-electron chi connectivity index (χ1n) is 18.2. The first kappa shape index (κ1) is 42.6. The molecule has 0 saturated heterocycles. The van der Waals surface area contributed by atoms with Crippen molar-refractivity contribution in [3.8, 4) is 0 Å². The van der Waals surface area contributed by atoms with Gasteiger partial charge in [0.15, 0.2) is 0 Å². The highest BCUT2D eigenvalue weighted by atomic mass is 32.2. The molecule has 0 saturated carbocycles. The molecule has 258 valence electrons. The molecule has 0 radical (unpaired) electrons. The van der Waals surface area contributed by atoms with Crippen molar-refractivity contribution in [3.05, 3.63) is 36.5 Å². The minimum atomic E-state index is -4.35. The predicted molar refractivity (Wildman–Crippen MR) is 189 cm³/mol. The van der Waals surface area contributed by atoms with Gasteiger partial charge in [0, 0.05) is 6.42 Å². The summed E-state index contributed by atoms with van der Waals surface area (Å²) in [6.45, 7) is 4.46. The summed E-state index contributed by atoms with van der Waals surface area (Å²) in [5.41, 5.74) is 0. The molecular formula is C37H69NO5S. The fourth-order valence-corrected chi connectivity index (χ4v) is 6.00. The zero-order valence-corrected chi connectivity index (χ0v) is 29.3. The number of carbonyl (C=O) groups excluding carboxylic acids is 1. The van der Waals surface area contributed by atoms with Gasteiger partial charge in [0.2, 0.25) is 5.91 Å². The van der Waals surface area contributed by atoms with E-state index < -0.39 is 28.0 Å². The van der Waals surface area contributed by atoms with E-state index in [1.54, 1.807) is 6.08 Å². The lowest BCUT2D eigenvalue weighted by Gasteiger charge is -2.21. The maximum absolute atomic E-state index is 12.4. The van der Waals surface area contributed by atoms with Gasteiger partial charge in [-0.2, -0.15) is 8.42 Å². The van der Waals surface area contributed by atoms with Gasteiger partial charge in [-0.1, -0.05) is 153 Å². The summed E-state index contributed by atoms with van der Waals surface area (Å²) in [7, 11) is -4.35. The summed E-state index contributed by atoms with van der Waals surface area (Å²) in [4.78, 5) is 12.4. The number of nitrogens with one attached hydrogen (secondary N) is 1. The van der Waals surface area contributed by atoms with Gasteiger partial charge < -0.3 is 10.4 Å². The predicted octanol–water partition coefficient (Wildman–Crippen LogP) is 10.2. The number of unbranched alkanes of at least 4 members (excludes halogenated alkanes) is 20. The summed E-state index contributed by atoms with van der Waals surface area (Å²) >= 11 is 0. The third kappa shape index (κ3) is 32.0. The largest absolute Gasteiger partial charge is 0.387 e. The van der Waals surface area contributed by atoms with Crippen molar-refractivity contribution in [2.24, 2.45) is 0 Å². The average molecular weight is 640 g/mol. The van der Waals surface area contributed by atoms with Crippen LogP contribution in [0, 0.1) is 0 Å². The topological polar surface area (TPSA) is 104 Å². The minimum Gasteiger partial charge on any atom is -0.387 e. The van der Waals surface area contributed by atoms with Gasteiger partial charge in [0.05, 0.1) is 17.9 Å². The molecule has 0 rings (SSSR count). The smallest absolute Gasteiger partial charge is 0.267 e. The zero-order chi connectivity index (χ0) is 32.6. The lowest BCUT2D eigenvalue weighted by atomic mass is 10.0. The molecule has 0 aromatic heterocycles. The number of amides is 1. The average Bonchev–Trinajstić information content (AvgIpc) is 2.98. The van der Waals surface area contributed by atoms with Crippen LogP contribution in [0.5, 0.6) is 0 Å². The Morgan fingerprint density at radius 2 is 1.00 bits per heavy atom. The van der Waals surface area contributed by atoms with Crippen LogP contribution in [0.25, 0.3) is 0 Å². The summed E-state index contributed by atoms with van der Waals surface area (Å²) in [6.07, 6.45) is 39.9. The second-order valence-electron chi connectivity index (χ2n) is 12.5. The molecule has 44 heavy (non-hydrogen) atoms. The number of allylic oxidation sites excluding steroid dienone is 5. The second kappa shape index (κ2) is 31.5. The molecule has 0 aromatic rings. The van der Waals surface area contributed by atoms with Crippen LogP contribution in [-0.4, -0.2) is 41.9 Å². The molecule has 2 atom stereocenters. The van der Waals surface area contributed by atoms with Crippen LogP contribution >= 0.6 is 0 Å². The summed E-state index contributed by atoms with van der Waals surface area (Å²) in [5, 5.41) is 13.1. The molecule has 0 heterocycles. The highest BCUT2D eigenvalue weighted by Gasteiger charge is 2.24. The summed E-state index contributed by atoms with van der Waals surface area (Å²) in [6, 6.07) is -1.07. The van der Waals surface area contributed by atoms with E-state index in [1.165, 1.54) is 96.0 Å². The van der Waals surface area contributed by atoms with Gasteiger partial charge >= 0.3 is 0 Å². The lowest BCUT2D eigenvalue weighted by Crippen LogP contribution is -2.46. The molecule has 6 nitrogen and oxygen atoms in total. The van der Waals surface area contributed by atoms with Crippen molar-refractivity contribution in [1.82, 2.24) is 5.32 Å². The van der Waals surface area contributed by atoms with Gasteiger partial charge in [0.25, 0.3) is 10.1 Å². The Bertz CT molecular complexity index is 837. The summed E-state index contributed by atoms with van der Waals surface area (Å²) in [5.74, 6) is -1.01. The Balaban J connectivity index is 4.03. The molecule has 0 aliphatic rings. The molecule has 0 fully saturated rings. The van der Waals surface area contributed by atoms with Crippen molar-refractivity contribution in [1.29, 1.82) is 0 Å². The Kier molecular flexibility index (Phi) is 30.5. The van der Waals surface area contributed by atoms with Crippen molar-refractivity contribution in [3.63, 3.8) is 0 Å². The summed E-state index contributed by atoms with van der Waals surface area (Å²) < 4.78 is 32.3. The molecule has 0 aromatic carbocycles. The maximum Gasteiger partial charge on any atom is 0.267 e. The maximum atomic E-state index is 12.4. The van der Waals surface area contributed by atoms with Crippen LogP contribution in [0.2, 0.25) is 0 Å². The third-order valence-electron chi connectivity index (χ3n) is 8.04. The van der Waals surface area contributed by atoms with Crippen molar-refractivity contribution >= 4 is 16.0 Å². The van der Waals surface area contributed by atoms with E-state index in [2.05, 4.69) is 43.5 Å². The Morgan fingerprint density at radius 1 is 0.591 bits per heavy atom. The van der Waals surface area contributed by atoms with Gasteiger partial charge in [0.1, 0.15) is 0 Å². The SMILES string of the molecule is CCCC/C=C\CCCCCCCC(=O)NC(CS(=O)(=O)O)C(O)/C=C/CC/C=C/CCCCCCCCCCCCCC. The number of carbonyl (C=O) groups is 1. The molecule has 0 bridgehead atoms. The molecule has 1 amide bonds. The van der Waals surface area contributed by atoms with Gasteiger partial charge in [-0.3, -0.25) is 9.35 Å². The van der Waals surface area contributed by atoms with Crippen LogP contribution in [-0.2, 0) is 14.9 Å². The molecule has 0 spiro atoms. The minimum absolute atomic E-state index is 0.277. The van der Waals surface area contributed by atoms with Crippen molar-refractivity contribution in [2.75, 3.05) is 5.75 Å². The van der Waals surface area contributed by atoms with Crippen LogP contribution < -0.4 is 5.32 Å². The van der Waals surface area contributed by atoms with E-state index in [4.69, 9.17) is 0 Å². The van der Waals surface area contributed by atoms with Crippen molar-refractivity contribution in [2.45, 2.75) is 187 Å². The normalized spacial score (nSPS) is 13.8. The number of aliphatic hydroxyl groups excluding tert-OH is 1. The van der Waals surface area contributed by atoms with Crippen molar-refractivity contribution < 1.29 is 22.9 Å². The fraction of sp³-hybridized carbons (Fsp3) is 0.811.